The number of fused-ring (bicyclic) bond motifs is 1. The van der Waals surface area contributed by atoms with Gasteiger partial charge in [-0.05, 0) is 12.1 Å². The highest BCUT2D eigenvalue weighted by Crippen LogP contribution is 2.30. The van der Waals surface area contributed by atoms with E-state index in [1.54, 1.807) is 24.4 Å². The molecule has 0 spiro atoms. The maximum absolute atomic E-state index is 11.1. The Labute approximate surface area is 110 Å². The Balaban J connectivity index is 2.27. The van der Waals surface area contributed by atoms with Crippen molar-refractivity contribution in [2.45, 2.75) is 0 Å². The zero-order valence-corrected chi connectivity index (χ0v) is 11.2. The quantitative estimate of drug-likeness (QED) is 0.464. The van der Waals surface area contributed by atoms with Gasteiger partial charge in [-0.3, -0.25) is 10.1 Å². The summed E-state index contributed by atoms with van der Waals surface area (Å²) < 4.78 is 7.65. The summed E-state index contributed by atoms with van der Waals surface area (Å²) in [6.07, 6.45) is 1.66. The lowest BCUT2D eigenvalue weighted by Crippen LogP contribution is -2.38. The summed E-state index contributed by atoms with van der Waals surface area (Å²) in [6.45, 7) is 1.12. The van der Waals surface area contributed by atoms with Crippen molar-refractivity contribution in [1.82, 2.24) is 9.61 Å². The van der Waals surface area contributed by atoms with Crippen LogP contribution in [0.25, 0.3) is 5.52 Å². The fourth-order valence-electron chi connectivity index (χ4n) is 1.65. The highest BCUT2D eigenvalue weighted by molar-refractivity contribution is 5.69. The van der Waals surface area contributed by atoms with E-state index in [4.69, 9.17) is 4.74 Å². The molecule has 0 unspecified atom stereocenters. The van der Waals surface area contributed by atoms with Crippen LogP contribution in [-0.2, 0) is 0 Å². The number of rotatable bonds is 5. The van der Waals surface area contributed by atoms with E-state index in [9.17, 15) is 10.1 Å². The van der Waals surface area contributed by atoms with Crippen molar-refractivity contribution >= 4 is 11.2 Å². The molecule has 19 heavy (non-hydrogen) atoms. The van der Waals surface area contributed by atoms with E-state index < -0.39 is 4.92 Å². The summed E-state index contributed by atoms with van der Waals surface area (Å²) in [5.41, 5.74) is 0.356. The van der Waals surface area contributed by atoms with Crippen LogP contribution >= 0.6 is 0 Å². The fourth-order valence-corrected chi connectivity index (χ4v) is 1.65. The van der Waals surface area contributed by atoms with E-state index in [1.807, 2.05) is 21.1 Å². The van der Waals surface area contributed by atoms with Crippen LogP contribution in [0.1, 0.15) is 0 Å². The number of ether oxygens (including phenoxy) is 1. The molecule has 102 valence electrons. The number of pyridine rings is 1. The van der Waals surface area contributed by atoms with Crippen molar-refractivity contribution in [2.24, 2.45) is 0 Å². The maximum Gasteiger partial charge on any atom is 0.357 e. The number of quaternary nitrogens is 1. The lowest BCUT2D eigenvalue weighted by molar-refractivity contribution is -0.870. The lowest BCUT2D eigenvalue weighted by atomic mass is 10.3. The van der Waals surface area contributed by atoms with Gasteiger partial charge in [-0.2, -0.15) is 0 Å². The molecule has 0 aromatic carbocycles. The Morgan fingerprint density at radius 3 is 2.79 bits per heavy atom. The smallest absolute Gasteiger partial charge is 0.357 e. The van der Waals surface area contributed by atoms with Crippen LogP contribution in [0, 0.1) is 10.1 Å². The van der Waals surface area contributed by atoms with Gasteiger partial charge < -0.3 is 9.22 Å². The standard InChI is InChI=1S/C12H17N4O3/c1-16(2,3)8-9-19-12-11(15(17)18)10-6-4-5-7-14(10)13-12/h4-7H,8-9H2,1-3H3/q+1. The molecule has 0 bridgehead atoms. The van der Waals surface area contributed by atoms with Crippen LogP contribution in [0.5, 0.6) is 5.88 Å². The van der Waals surface area contributed by atoms with Crippen LogP contribution in [-0.4, -0.2) is 53.3 Å². The van der Waals surface area contributed by atoms with Crippen LogP contribution in [0.4, 0.5) is 5.69 Å². The number of nitrogens with zero attached hydrogens (tertiary/aromatic N) is 4. The molecule has 0 atom stereocenters. The molecule has 2 aromatic heterocycles. The monoisotopic (exact) mass is 265 g/mol. The molecule has 2 heterocycles. The van der Waals surface area contributed by atoms with E-state index in [1.165, 1.54) is 4.52 Å². The third-order valence-electron chi connectivity index (χ3n) is 2.67. The average Bonchev–Trinajstić information content (AvgIpc) is 2.65. The summed E-state index contributed by atoms with van der Waals surface area (Å²) in [7, 11) is 6.09. The summed E-state index contributed by atoms with van der Waals surface area (Å²) in [5.74, 6) is 0.0738. The molecule has 7 nitrogen and oxygen atoms in total. The first kappa shape index (κ1) is 13.3. The van der Waals surface area contributed by atoms with Crippen LogP contribution in [0.15, 0.2) is 24.4 Å². The van der Waals surface area contributed by atoms with Gasteiger partial charge in [0, 0.05) is 6.20 Å². The largest absolute Gasteiger partial charge is 0.466 e. The summed E-state index contributed by atoms with van der Waals surface area (Å²) >= 11 is 0. The van der Waals surface area contributed by atoms with Crippen LogP contribution in [0.3, 0.4) is 0 Å². The van der Waals surface area contributed by atoms with E-state index in [-0.39, 0.29) is 11.6 Å². The minimum absolute atomic E-state index is 0.0738. The molecule has 2 rings (SSSR count). The first-order chi connectivity index (χ1) is 8.88. The number of likely N-dealkylation sites (N-methyl/N-ethyl adjacent to an activating group) is 1. The number of nitro groups is 1. The summed E-state index contributed by atoms with van der Waals surface area (Å²) in [4.78, 5) is 10.7. The predicted molar refractivity (Wildman–Crippen MR) is 70.2 cm³/mol. The molecule has 0 aliphatic rings. The Hall–Kier alpha value is -2.15. The van der Waals surface area contributed by atoms with Crippen molar-refractivity contribution in [3.8, 4) is 5.88 Å². The minimum atomic E-state index is -0.455. The molecule has 0 radical (unpaired) electrons. The molecule has 0 fully saturated rings. The molecule has 7 heteroatoms. The molecule has 0 N–H and O–H groups in total. The second-order valence-corrected chi connectivity index (χ2v) is 5.30. The van der Waals surface area contributed by atoms with E-state index in [0.717, 1.165) is 11.0 Å². The van der Waals surface area contributed by atoms with E-state index in [2.05, 4.69) is 5.10 Å². The van der Waals surface area contributed by atoms with Gasteiger partial charge in [-0.15, -0.1) is 5.10 Å². The Morgan fingerprint density at radius 2 is 2.16 bits per heavy atom. The van der Waals surface area contributed by atoms with Gasteiger partial charge >= 0.3 is 11.6 Å². The first-order valence-electron chi connectivity index (χ1n) is 5.93. The van der Waals surface area contributed by atoms with Crippen molar-refractivity contribution in [3.05, 3.63) is 34.5 Å². The zero-order chi connectivity index (χ0) is 14.0. The molecule has 0 aliphatic carbocycles. The molecular weight excluding hydrogens is 248 g/mol. The second kappa shape index (κ2) is 4.85. The number of aromatic nitrogens is 2. The number of hydrogen-bond acceptors (Lipinski definition) is 4. The van der Waals surface area contributed by atoms with Crippen LogP contribution < -0.4 is 4.74 Å². The van der Waals surface area contributed by atoms with Gasteiger partial charge in [0.1, 0.15) is 18.7 Å². The van der Waals surface area contributed by atoms with Gasteiger partial charge in [-0.25, -0.2) is 4.52 Å². The molecule has 0 amide bonds. The third-order valence-corrected chi connectivity index (χ3v) is 2.67. The average molecular weight is 265 g/mol. The van der Waals surface area contributed by atoms with Crippen molar-refractivity contribution < 1.29 is 14.1 Å². The first-order valence-corrected chi connectivity index (χ1v) is 5.93. The molecule has 0 saturated carbocycles. The molecule has 0 aliphatic heterocycles. The van der Waals surface area contributed by atoms with Gasteiger partial charge in [0.05, 0.1) is 26.1 Å². The highest BCUT2D eigenvalue weighted by atomic mass is 16.6. The second-order valence-electron chi connectivity index (χ2n) is 5.30. The molecule has 2 aromatic rings. The predicted octanol–water partition coefficient (Wildman–Crippen LogP) is 1.33. The lowest BCUT2D eigenvalue weighted by Gasteiger charge is -2.23. The van der Waals surface area contributed by atoms with Crippen molar-refractivity contribution in [1.29, 1.82) is 0 Å². The van der Waals surface area contributed by atoms with Gasteiger partial charge in [-0.1, -0.05) is 6.07 Å². The number of hydrogen-bond donors (Lipinski definition) is 0. The van der Waals surface area contributed by atoms with E-state index >= 15 is 0 Å². The maximum atomic E-state index is 11.1. The molecular formula is C12H17N4O3+. The van der Waals surface area contributed by atoms with E-state index in [0.29, 0.717) is 12.1 Å². The normalized spacial score (nSPS) is 11.7. The topological polar surface area (TPSA) is 69.7 Å². The Morgan fingerprint density at radius 1 is 1.42 bits per heavy atom. The van der Waals surface area contributed by atoms with Crippen LogP contribution in [0.2, 0.25) is 0 Å². The SMILES string of the molecule is C[N+](C)(C)CCOc1nn2ccccc2c1[N+](=O)[O-]. The van der Waals surface area contributed by atoms with Crippen molar-refractivity contribution in [2.75, 3.05) is 34.3 Å². The van der Waals surface area contributed by atoms with Gasteiger partial charge in [0.25, 0.3) is 0 Å². The Kier molecular flexibility index (Phi) is 3.39. The fraction of sp³-hybridized carbons (Fsp3) is 0.417. The summed E-state index contributed by atoms with van der Waals surface area (Å²) in [5, 5.41) is 15.2. The molecule has 0 saturated heterocycles. The zero-order valence-electron chi connectivity index (χ0n) is 11.2. The third kappa shape index (κ3) is 3.00. The highest BCUT2D eigenvalue weighted by Gasteiger charge is 2.25. The Bertz CT molecular complexity index is 601. The van der Waals surface area contributed by atoms with Crippen molar-refractivity contribution in [3.63, 3.8) is 0 Å². The summed E-state index contributed by atoms with van der Waals surface area (Å²) in [6, 6.07) is 5.15. The minimum Gasteiger partial charge on any atom is -0.466 e. The van der Waals surface area contributed by atoms with Gasteiger partial charge in [0.2, 0.25) is 0 Å². The van der Waals surface area contributed by atoms with Gasteiger partial charge in [0.15, 0.2) is 0 Å².